The fourth-order valence-corrected chi connectivity index (χ4v) is 5.64. The molecule has 1 aromatic heterocycles. The second kappa shape index (κ2) is 10.2. The van der Waals surface area contributed by atoms with E-state index in [0.29, 0.717) is 23.9 Å². The molecule has 0 bridgehead atoms. The van der Waals surface area contributed by atoms with Gasteiger partial charge in [0, 0.05) is 31.3 Å². The smallest absolute Gasteiger partial charge is 0.240 e. The predicted octanol–water partition coefficient (Wildman–Crippen LogP) is 2.66. The zero-order chi connectivity index (χ0) is 25.2. The molecule has 0 spiro atoms. The number of likely N-dealkylation sites (N-methyl/N-ethyl adjacent to an activating group) is 1. The predicted molar refractivity (Wildman–Crippen MR) is 139 cm³/mol. The van der Waals surface area contributed by atoms with Crippen molar-refractivity contribution in [3.05, 3.63) is 59.7 Å². The van der Waals surface area contributed by atoms with Crippen molar-refractivity contribution in [2.45, 2.75) is 5.25 Å². The van der Waals surface area contributed by atoms with E-state index in [1.165, 1.54) is 11.8 Å². The third-order valence-electron chi connectivity index (χ3n) is 6.17. The van der Waals surface area contributed by atoms with Crippen LogP contribution in [-0.4, -0.2) is 72.8 Å². The van der Waals surface area contributed by atoms with Crippen LogP contribution in [0.2, 0.25) is 0 Å². The van der Waals surface area contributed by atoms with E-state index in [4.69, 9.17) is 14.6 Å². The maximum atomic E-state index is 13.4. The minimum Gasteiger partial charge on any atom is -0.454 e. The Hall–Kier alpha value is -3.50. The molecule has 1 N–H and O–H groups in total. The number of benzene rings is 2. The molecule has 3 aromatic rings. The molecule has 3 heterocycles. The zero-order valence-corrected chi connectivity index (χ0v) is 21.4. The molecule has 0 radical (unpaired) electrons. The van der Waals surface area contributed by atoms with Crippen LogP contribution in [0, 0.1) is 0 Å². The van der Waals surface area contributed by atoms with E-state index in [1.54, 1.807) is 9.58 Å². The number of hydrogen-bond donors (Lipinski definition) is 1. The van der Waals surface area contributed by atoms with E-state index in [0.717, 1.165) is 28.9 Å². The van der Waals surface area contributed by atoms with Crippen LogP contribution >= 0.6 is 11.8 Å². The highest BCUT2D eigenvalue weighted by Gasteiger charge is 2.37. The number of carbonyl (C=O) groups excluding carboxylic acids is 2. The van der Waals surface area contributed by atoms with Gasteiger partial charge in [0.2, 0.25) is 18.6 Å². The summed E-state index contributed by atoms with van der Waals surface area (Å²) in [7, 11) is 5.72. The second-order valence-electron chi connectivity index (χ2n) is 9.01. The Morgan fingerprint density at radius 1 is 1.17 bits per heavy atom. The van der Waals surface area contributed by atoms with Crippen LogP contribution in [0.15, 0.2) is 48.5 Å². The number of nitrogens with zero attached hydrogens (tertiary/aromatic N) is 4. The summed E-state index contributed by atoms with van der Waals surface area (Å²) >= 11 is 1.53. The molecule has 1 atom stereocenters. The largest absolute Gasteiger partial charge is 0.454 e. The Balaban J connectivity index is 1.58. The third-order valence-corrected chi connectivity index (χ3v) is 7.43. The first-order valence-corrected chi connectivity index (χ1v) is 12.8. The minimum absolute atomic E-state index is 0.0680. The standard InChI is InChI=1S/C26H29N5O4S/c1-29(2)12-11-27-21(32)14-31-22(33)15-36-25(18-9-10-19-20(13-18)35-16-34-19)23-24(28-30(3)26(23)31)17-7-5-4-6-8-17/h4-10,13,25H,11-12,14-16H2,1-3H3,(H,27,32). The molecule has 5 rings (SSSR count). The van der Waals surface area contributed by atoms with E-state index < -0.39 is 0 Å². The molecule has 0 saturated carbocycles. The summed E-state index contributed by atoms with van der Waals surface area (Å²) in [5, 5.41) is 7.58. The van der Waals surface area contributed by atoms with Crippen molar-refractivity contribution in [3.63, 3.8) is 0 Å². The lowest BCUT2D eigenvalue weighted by molar-refractivity contribution is -0.122. The number of rotatable bonds is 7. The molecule has 2 aliphatic heterocycles. The first kappa shape index (κ1) is 24.2. The van der Waals surface area contributed by atoms with Crippen LogP contribution in [0.5, 0.6) is 11.5 Å². The van der Waals surface area contributed by atoms with E-state index >= 15 is 0 Å². The first-order valence-electron chi connectivity index (χ1n) is 11.8. The lowest BCUT2D eigenvalue weighted by atomic mass is 9.99. The SMILES string of the molecule is CN(C)CCNC(=O)CN1C(=O)CSC(c2ccc3c(c2)OCO3)c2c(-c3ccccc3)nn(C)c21. The molecule has 0 fully saturated rings. The number of thioether (sulfide) groups is 1. The van der Waals surface area contributed by atoms with Crippen molar-refractivity contribution in [1.82, 2.24) is 20.0 Å². The summed E-state index contributed by atoms with van der Waals surface area (Å²) in [6, 6.07) is 15.8. The van der Waals surface area contributed by atoms with Gasteiger partial charge in [-0.3, -0.25) is 19.2 Å². The number of ether oxygens (including phenoxy) is 2. The van der Waals surface area contributed by atoms with Crippen molar-refractivity contribution in [2.24, 2.45) is 7.05 Å². The van der Waals surface area contributed by atoms with E-state index in [-0.39, 0.29) is 36.2 Å². The number of hydrogen-bond acceptors (Lipinski definition) is 7. The summed E-state index contributed by atoms with van der Waals surface area (Å²) in [6.07, 6.45) is 0. The first-order chi connectivity index (χ1) is 17.4. The fourth-order valence-electron chi connectivity index (χ4n) is 4.46. The number of aryl methyl sites for hydroxylation is 1. The summed E-state index contributed by atoms with van der Waals surface area (Å²) in [5.74, 6) is 1.92. The van der Waals surface area contributed by atoms with Gasteiger partial charge in [-0.1, -0.05) is 36.4 Å². The van der Waals surface area contributed by atoms with Crippen molar-refractivity contribution >= 4 is 29.4 Å². The van der Waals surface area contributed by atoms with Crippen LogP contribution in [-0.2, 0) is 16.6 Å². The number of carbonyl (C=O) groups is 2. The molecule has 2 aliphatic rings. The van der Waals surface area contributed by atoms with Crippen molar-refractivity contribution < 1.29 is 19.1 Å². The Morgan fingerprint density at radius 2 is 1.94 bits per heavy atom. The molecule has 2 aromatic carbocycles. The lowest BCUT2D eigenvalue weighted by Crippen LogP contribution is -2.43. The zero-order valence-electron chi connectivity index (χ0n) is 20.6. The molecule has 2 amide bonds. The third kappa shape index (κ3) is 4.78. The van der Waals surface area contributed by atoms with Gasteiger partial charge in [-0.2, -0.15) is 5.10 Å². The average molecular weight is 508 g/mol. The number of fused-ring (bicyclic) bond motifs is 2. The number of nitrogens with one attached hydrogen (secondary N) is 1. The van der Waals surface area contributed by atoms with Gasteiger partial charge in [-0.25, -0.2) is 0 Å². The van der Waals surface area contributed by atoms with Crippen LogP contribution in [0.4, 0.5) is 5.82 Å². The molecule has 10 heteroatoms. The molecular formula is C26H29N5O4S. The topological polar surface area (TPSA) is 88.9 Å². The van der Waals surface area contributed by atoms with Gasteiger partial charge in [0.25, 0.3) is 0 Å². The number of amides is 2. The monoisotopic (exact) mass is 507 g/mol. The average Bonchev–Trinajstić information content (AvgIpc) is 3.43. The normalized spacial score (nSPS) is 16.7. The van der Waals surface area contributed by atoms with E-state index in [9.17, 15) is 9.59 Å². The van der Waals surface area contributed by atoms with Gasteiger partial charge < -0.3 is 19.7 Å². The van der Waals surface area contributed by atoms with Gasteiger partial charge in [0.15, 0.2) is 11.5 Å². The van der Waals surface area contributed by atoms with Crippen molar-refractivity contribution in [2.75, 3.05) is 51.2 Å². The summed E-state index contributed by atoms with van der Waals surface area (Å²) in [4.78, 5) is 29.8. The van der Waals surface area contributed by atoms with Crippen LogP contribution in [0.3, 0.4) is 0 Å². The highest BCUT2D eigenvalue weighted by molar-refractivity contribution is 8.00. The fraction of sp³-hybridized carbons (Fsp3) is 0.346. The maximum Gasteiger partial charge on any atom is 0.240 e. The highest BCUT2D eigenvalue weighted by atomic mass is 32.2. The molecule has 36 heavy (non-hydrogen) atoms. The summed E-state index contributed by atoms with van der Waals surface area (Å²) in [5.41, 5.74) is 3.63. The summed E-state index contributed by atoms with van der Waals surface area (Å²) in [6.45, 7) is 1.35. The maximum absolute atomic E-state index is 13.4. The number of anilines is 1. The van der Waals surface area contributed by atoms with Crippen LogP contribution in [0.25, 0.3) is 11.3 Å². The van der Waals surface area contributed by atoms with Crippen molar-refractivity contribution in [3.8, 4) is 22.8 Å². The van der Waals surface area contributed by atoms with Gasteiger partial charge >= 0.3 is 0 Å². The lowest BCUT2D eigenvalue weighted by Gasteiger charge is -2.22. The Bertz CT molecular complexity index is 1280. The quantitative estimate of drug-likeness (QED) is 0.526. The molecule has 9 nitrogen and oxygen atoms in total. The van der Waals surface area contributed by atoms with Crippen molar-refractivity contribution in [1.29, 1.82) is 0 Å². The molecule has 0 saturated heterocycles. The minimum atomic E-state index is -0.204. The van der Waals surface area contributed by atoms with Crippen LogP contribution in [0.1, 0.15) is 16.4 Å². The van der Waals surface area contributed by atoms with Gasteiger partial charge in [-0.15, -0.1) is 11.8 Å². The van der Waals surface area contributed by atoms with Gasteiger partial charge in [0.05, 0.1) is 16.7 Å². The van der Waals surface area contributed by atoms with Gasteiger partial charge in [-0.05, 0) is 31.8 Å². The Kier molecular flexibility index (Phi) is 6.88. The van der Waals surface area contributed by atoms with E-state index in [1.807, 2.05) is 74.6 Å². The van der Waals surface area contributed by atoms with E-state index in [2.05, 4.69) is 5.32 Å². The van der Waals surface area contributed by atoms with Gasteiger partial charge in [0.1, 0.15) is 12.4 Å². The molecule has 1 unspecified atom stereocenters. The molecule has 188 valence electrons. The van der Waals surface area contributed by atoms with Crippen LogP contribution < -0.4 is 19.7 Å². The molecule has 0 aliphatic carbocycles. The Morgan fingerprint density at radius 3 is 2.72 bits per heavy atom. The second-order valence-corrected chi connectivity index (χ2v) is 10.1. The highest BCUT2D eigenvalue weighted by Crippen LogP contribution is 2.49. The number of aromatic nitrogens is 2. The Labute approximate surface area is 214 Å². The summed E-state index contributed by atoms with van der Waals surface area (Å²) < 4.78 is 12.9. The molecular weight excluding hydrogens is 478 g/mol.